The van der Waals surface area contributed by atoms with Crippen molar-refractivity contribution in [1.29, 1.82) is 0 Å². The lowest BCUT2D eigenvalue weighted by Crippen LogP contribution is -2.32. The molecule has 1 aromatic rings. The zero-order chi connectivity index (χ0) is 14.0. The first-order chi connectivity index (χ1) is 9.26. The second-order valence-electron chi connectivity index (χ2n) is 5.02. The van der Waals surface area contributed by atoms with Crippen molar-refractivity contribution >= 4 is 0 Å². The molecule has 0 unspecified atom stereocenters. The van der Waals surface area contributed by atoms with Crippen molar-refractivity contribution in [1.82, 2.24) is 0 Å². The van der Waals surface area contributed by atoms with Crippen LogP contribution in [0, 0.1) is 5.41 Å². The number of allylic oxidation sites excluding steroid dienone is 1. The van der Waals surface area contributed by atoms with Gasteiger partial charge in [0.25, 0.3) is 0 Å². The molecule has 0 spiro atoms. The quantitative estimate of drug-likeness (QED) is 0.472. The summed E-state index contributed by atoms with van der Waals surface area (Å²) in [6.07, 6.45) is 6.86. The van der Waals surface area contributed by atoms with E-state index in [1.165, 1.54) is 0 Å². The molecule has 0 radical (unpaired) electrons. The molecule has 19 heavy (non-hydrogen) atoms. The van der Waals surface area contributed by atoms with E-state index >= 15 is 0 Å². The Morgan fingerprint density at radius 2 is 1.63 bits per heavy atom. The van der Waals surface area contributed by atoms with E-state index in [1.54, 1.807) is 6.08 Å². The first-order valence-corrected chi connectivity index (χ1v) is 6.78. The van der Waals surface area contributed by atoms with Crippen LogP contribution in [0.15, 0.2) is 42.5 Å². The molecular weight excluding hydrogens is 240 g/mol. The van der Waals surface area contributed by atoms with Gasteiger partial charge < -0.3 is 15.3 Å². The molecule has 3 heteroatoms. The molecule has 1 aromatic carbocycles. The minimum absolute atomic E-state index is 0.0118. The van der Waals surface area contributed by atoms with E-state index < -0.39 is 5.41 Å². The van der Waals surface area contributed by atoms with Gasteiger partial charge in [-0.05, 0) is 31.2 Å². The zero-order valence-corrected chi connectivity index (χ0v) is 11.3. The van der Waals surface area contributed by atoms with E-state index in [0.29, 0.717) is 6.42 Å². The van der Waals surface area contributed by atoms with E-state index in [2.05, 4.69) is 0 Å². The van der Waals surface area contributed by atoms with E-state index in [-0.39, 0.29) is 19.8 Å². The van der Waals surface area contributed by atoms with Crippen molar-refractivity contribution < 1.29 is 15.3 Å². The Morgan fingerprint density at radius 1 is 0.947 bits per heavy atom. The summed E-state index contributed by atoms with van der Waals surface area (Å²) in [6.45, 7) is 0.0410. The van der Waals surface area contributed by atoms with Crippen molar-refractivity contribution in [2.24, 2.45) is 5.41 Å². The van der Waals surface area contributed by atoms with Crippen LogP contribution in [0.3, 0.4) is 0 Å². The zero-order valence-electron chi connectivity index (χ0n) is 11.3. The Hall–Kier alpha value is -1.16. The minimum Gasteiger partial charge on any atom is -0.396 e. The fourth-order valence-electron chi connectivity index (χ4n) is 2.22. The van der Waals surface area contributed by atoms with Crippen molar-refractivity contribution in [3.05, 3.63) is 48.0 Å². The van der Waals surface area contributed by atoms with Gasteiger partial charge >= 0.3 is 0 Å². The number of unbranched alkanes of at least 4 members (excludes halogenated alkanes) is 1. The molecule has 0 atom stereocenters. The predicted molar refractivity (Wildman–Crippen MR) is 76.8 cm³/mol. The van der Waals surface area contributed by atoms with Gasteiger partial charge in [-0.2, -0.15) is 0 Å². The lowest BCUT2D eigenvalue weighted by atomic mass is 9.79. The lowest BCUT2D eigenvalue weighted by molar-refractivity contribution is 0.0457. The third kappa shape index (κ3) is 5.55. The van der Waals surface area contributed by atoms with Crippen LogP contribution in [0.1, 0.15) is 24.8 Å². The molecule has 0 bridgehead atoms. The van der Waals surface area contributed by atoms with Crippen LogP contribution in [-0.4, -0.2) is 35.1 Å². The fraction of sp³-hybridized carbons (Fsp3) is 0.500. The summed E-state index contributed by atoms with van der Waals surface area (Å²) < 4.78 is 0. The Labute approximate surface area is 115 Å². The number of hydrogen-bond acceptors (Lipinski definition) is 3. The smallest absolute Gasteiger partial charge is 0.0612 e. The highest BCUT2D eigenvalue weighted by molar-refractivity contribution is 5.16. The Morgan fingerprint density at radius 3 is 2.21 bits per heavy atom. The van der Waals surface area contributed by atoms with Crippen LogP contribution >= 0.6 is 0 Å². The third-order valence-corrected chi connectivity index (χ3v) is 3.44. The largest absolute Gasteiger partial charge is 0.396 e. The van der Waals surface area contributed by atoms with E-state index in [9.17, 15) is 10.2 Å². The average molecular weight is 264 g/mol. The number of rotatable bonds is 9. The molecule has 1 rings (SSSR count). The SMILES string of the molecule is OC/C=C/CCCC(CO)(CO)Cc1ccccc1. The van der Waals surface area contributed by atoms with E-state index in [0.717, 1.165) is 24.8 Å². The molecule has 3 nitrogen and oxygen atoms in total. The number of aliphatic hydroxyl groups is 3. The van der Waals surface area contributed by atoms with Crippen molar-refractivity contribution in [3.63, 3.8) is 0 Å². The number of benzene rings is 1. The van der Waals surface area contributed by atoms with E-state index in [1.807, 2.05) is 36.4 Å². The average Bonchev–Trinajstić information content (AvgIpc) is 2.47. The molecule has 0 aliphatic heterocycles. The molecule has 0 fully saturated rings. The first-order valence-electron chi connectivity index (χ1n) is 6.78. The maximum Gasteiger partial charge on any atom is 0.0612 e. The standard InChI is InChI=1S/C16H24O3/c17-11-7-2-1-6-10-16(13-18,14-19)12-15-8-4-3-5-9-15/h2-5,7-9,17-19H,1,6,10-14H2/b7-2+. The van der Waals surface area contributed by atoms with Crippen LogP contribution in [0.5, 0.6) is 0 Å². The summed E-state index contributed by atoms with van der Waals surface area (Å²) in [5, 5.41) is 27.9. The molecule has 0 heterocycles. The van der Waals surface area contributed by atoms with Gasteiger partial charge in [0.1, 0.15) is 0 Å². The van der Waals surface area contributed by atoms with Gasteiger partial charge in [0, 0.05) is 5.41 Å². The summed E-state index contributed by atoms with van der Waals surface area (Å²) in [6, 6.07) is 9.94. The second kappa shape index (κ2) is 8.86. The van der Waals surface area contributed by atoms with Crippen LogP contribution in [0.25, 0.3) is 0 Å². The van der Waals surface area contributed by atoms with Crippen molar-refractivity contribution in [2.75, 3.05) is 19.8 Å². The van der Waals surface area contributed by atoms with Crippen LogP contribution in [0.2, 0.25) is 0 Å². The van der Waals surface area contributed by atoms with Gasteiger partial charge in [-0.25, -0.2) is 0 Å². The molecule has 0 saturated heterocycles. The lowest BCUT2D eigenvalue weighted by Gasteiger charge is -2.30. The highest BCUT2D eigenvalue weighted by atomic mass is 16.3. The normalized spacial score (nSPS) is 12.2. The molecule has 3 N–H and O–H groups in total. The summed E-state index contributed by atoms with van der Waals surface area (Å²) >= 11 is 0. The van der Waals surface area contributed by atoms with Crippen LogP contribution in [-0.2, 0) is 6.42 Å². The maximum absolute atomic E-state index is 9.62. The number of aliphatic hydroxyl groups excluding tert-OH is 3. The fourth-order valence-corrected chi connectivity index (χ4v) is 2.22. The van der Waals surface area contributed by atoms with E-state index in [4.69, 9.17) is 5.11 Å². The van der Waals surface area contributed by atoms with Crippen molar-refractivity contribution in [3.8, 4) is 0 Å². The monoisotopic (exact) mass is 264 g/mol. The summed E-state index contributed by atoms with van der Waals surface area (Å²) in [5.74, 6) is 0. The summed E-state index contributed by atoms with van der Waals surface area (Å²) in [7, 11) is 0. The van der Waals surface area contributed by atoms with Crippen molar-refractivity contribution in [2.45, 2.75) is 25.7 Å². The Balaban J connectivity index is 2.56. The molecule has 0 aliphatic rings. The van der Waals surface area contributed by atoms with Gasteiger partial charge in [0.15, 0.2) is 0 Å². The van der Waals surface area contributed by atoms with Crippen LogP contribution < -0.4 is 0 Å². The summed E-state index contributed by atoms with van der Waals surface area (Å²) in [4.78, 5) is 0. The van der Waals surface area contributed by atoms with Gasteiger partial charge in [0.05, 0.1) is 19.8 Å². The van der Waals surface area contributed by atoms with Gasteiger partial charge in [-0.1, -0.05) is 42.5 Å². The Bertz CT molecular complexity index is 356. The molecule has 106 valence electrons. The molecule has 0 amide bonds. The maximum atomic E-state index is 9.62. The van der Waals surface area contributed by atoms with Crippen LogP contribution in [0.4, 0.5) is 0 Å². The molecule has 0 aliphatic carbocycles. The van der Waals surface area contributed by atoms with Gasteiger partial charge in [-0.3, -0.25) is 0 Å². The highest BCUT2D eigenvalue weighted by Gasteiger charge is 2.28. The Kier molecular flexibility index (Phi) is 7.41. The van der Waals surface area contributed by atoms with Gasteiger partial charge in [-0.15, -0.1) is 0 Å². The molecular formula is C16H24O3. The summed E-state index contributed by atoms with van der Waals surface area (Å²) in [5.41, 5.74) is 0.686. The first kappa shape index (κ1) is 15.9. The highest BCUT2D eigenvalue weighted by Crippen LogP contribution is 2.28. The molecule has 0 saturated carbocycles. The third-order valence-electron chi connectivity index (χ3n) is 3.44. The second-order valence-corrected chi connectivity index (χ2v) is 5.02. The number of hydrogen-bond donors (Lipinski definition) is 3. The molecule has 0 aromatic heterocycles. The van der Waals surface area contributed by atoms with Gasteiger partial charge in [0.2, 0.25) is 0 Å². The topological polar surface area (TPSA) is 60.7 Å². The predicted octanol–water partition coefficient (Wildman–Crippen LogP) is 1.92. The minimum atomic E-state index is -0.450.